The van der Waals surface area contributed by atoms with Crippen molar-refractivity contribution in [3.8, 4) is 0 Å². The molecule has 0 saturated heterocycles. The minimum Gasteiger partial charge on any atom is -0.337 e. The highest BCUT2D eigenvalue weighted by Crippen LogP contribution is 2.27. The van der Waals surface area contributed by atoms with Crippen molar-refractivity contribution >= 4 is 12.2 Å². The zero-order valence-electron chi connectivity index (χ0n) is 11.1. The van der Waals surface area contributed by atoms with Crippen molar-refractivity contribution in [2.45, 2.75) is 65.3 Å². The predicted molar refractivity (Wildman–Crippen MR) is 72.6 cm³/mol. The molecule has 0 fully saturated rings. The van der Waals surface area contributed by atoms with Gasteiger partial charge in [0.25, 0.3) is 0 Å². The smallest absolute Gasteiger partial charge is 0.177 e. The largest absolute Gasteiger partial charge is 0.337 e. The lowest BCUT2D eigenvalue weighted by Gasteiger charge is -2.24. The number of rotatable bonds is 4. The molecule has 0 aliphatic carbocycles. The Kier molecular flexibility index (Phi) is 4.36. The molecule has 3 heteroatoms. The molecule has 1 N–H and O–H groups in total. The summed E-state index contributed by atoms with van der Waals surface area (Å²) < 4.78 is 3.14. The SMILES string of the molecule is CCCCC(C)n1c(C(C)(C)C)c[nH]c1=S. The second-order valence-electron chi connectivity index (χ2n) is 5.59. The van der Waals surface area contributed by atoms with Gasteiger partial charge in [0.15, 0.2) is 4.77 Å². The molecule has 16 heavy (non-hydrogen) atoms. The fourth-order valence-electron chi connectivity index (χ4n) is 2.02. The van der Waals surface area contributed by atoms with E-state index in [4.69, 9.17) is 12.2 Å². The monoisotopic (exact) mass is 240 g/mol. The summed E-state index contributed by atoms with van der Waals surface area (Å²) >= 11 is 5.38. The number of H-pyrrole nitrogens is 1. The Morgan fingerprint density at radius 2 is 2.06 bits per heavy atom. The van der Waals surface area contributed by atoms with Gasteiger partial charge in [0.2, 0.25) is 0 Å². The zero-order chi connectivity index (χ0) is 12.3. The fraction of sp³-hybridized carbons (Fsp3) is 0.769. The lowest BCUT2D eigenvalue weighted by Crippen LogP contribution is -2.20. The van der Waals surface area contributed by atoms with E-state index in [1.807, 2.05) is 0 Å². The van der Waals surface area contributed by atoms with E-state index < -0.39 is 0 Å². The topological polar surface area (TPSA) is 20.7 Å². The van der Waals surface area contributed by atoms with Gasteiger partial charge in [-0.1, -0.05) is 40.5 Å². The number of hydrogen-bond donors (Lipinski definition) is 1. The molecule has 0 radical (unpaired) electrons. The molecule has 1 atom stereocenters. The maximum absolute atomic E-state index is 5.38. The maximum Gasteiger partial charge on any atom is 0.177 e. The Morgan fingerprint density at radius 1 is 1.44 bits per heavy atom. The highest BCUT2D eigenvalue weighted by Gasteiger charge is 2.21. The Balaban J connectivity index is 3.02. The summed E-state index contributed by atoms with van der Waals surface area (Å²) in [6.07, 6.45) is 5.77. The molecule has 1 aromatic rings. The van der Waals surface area contributed by atoms with Crippen molar-refractivity contribution in [2.75, 3.05) is 0 Å². The Labute approximate surface area is 104 Å². The lowest BCUT2D eigenvalue weighted by atomic mass is 9.92. The molecule has 0 bridgehead atoms. The van der Waals surface area contributed by atoms with E-state index in [0.29, 0.717) is 6.04 Å². The van der Waals surface area contributed by atoms with E-state index >= 15 is 0 Å². The molecule has 0 aromatic carbocycles. The molecule has 0 spiro atoms. The van der Waals surface area contributed by atoms with Crippen molar-refractivity contribution in [2.24, 2.45) is 0 Å². The van der Waals surface area contributed by atoms with Crippen LogP contribution in [0.3, 0.4) is 0 Å². The number of aromatic nitrogens is 2. The van der Waals surface area contributed by atoms with E-state index in [1.165, 1.54) is 25.0 Å². The number of nitrogens with one attached hydrogen (secondary N) is 1. The Morgan fingerprint density at radius 3 is 2.56 bits per heavy atom. The van der Waals surface area contributed by atoms with Gasteiger partial charge >= 0.3 is 0 Å². The van der Waals surface area contributed by atoms with E-state index in [2.05, 4.69) is 50.4 Å². The normalized spacial score (nSPS) is 14.1. The molecule has 0 amide bonds. The first-order valence-electron chi connectivity index (χ1n) is 6.18. The van der Waals surface area contributed by atoms with Crippen molar-refractivity contribution in [1.29, 1.82) is 0 Å². The fourth-order valence-corrected chi connectivity index (χ4v) is 2.36. The number of hydrogen-bond acceptors (Lipinski definition) is 1. The van der Waals surface area contributed by atoms with Crippen LogP contribution < -0.4 is 0 Å². The molecular weight excluding hydrogens is 216 g/mol. The maximum atomic E-state index is 5.38. The quantitative estimate of drug-likeness (QED) is 0.763. The van der Waals surface area contributed by atoms with Crippen LogP contribution in [0.25, 0.3) is 0 Å². The second kappa shape index (κ2) is 5.17. The van der Waals surface area contributed by atoms with Gasteiger partial charge in [-0.05, 0) is 25.6 Å². The van der Waals surface area contributed by atoms with Gasteiger partial charge in [0.1, 0.15) is 0 Å². The van der Waals surface area contributed by atoms with Gasteiger partial charge < -0.3 is 9.55 Å². The van der Waals surface area contributed by atoms with Crippen LogP contribution in [-0.2, 0) is 5.41 Å². The number of unbranched alkanes of at least 4 members (excludes halogenated alkanes) is 1. The summed E-state index contributed by atoms with van der Waals surface area (Å²) in [5.74, 6) is 0. The average molecular weight is 240 g/mol. The minimum absolute atomic E-state index is 0.147. The van der Waals surface area contributed by atoms with Crippen molar-refractivity contribution in [3.63, 3.8) is 0 Å². The molecule has 1 heterocycles. The van der Waals surface area contributed by atoms with E-state index in [0.717, 1.165) is 4.77 Å². The molecule has 0 saturated carbocycles. The van der Waals surface area contributed by atoms with Crippen molar-refractivity contribution in [1.82, 2.24) is 9.55 Å². The van der Waals surface area contributed by atoms with Crippen LogP contribution >= 0.6 is 12.2 Å². The summed E-state index contributed by atoms with van der Waals surface area (Å²) in [6, 6.07) is 0.493. The van der Waals surface area contributed by atoms with Gasteiger partial charge in [0.05, 0.1) is 0 Å². The van der Waals surface area contributed by atoms with Gasteiger partial charge in [-0.2, -0.15) is 0 Å². The molecule has 92 valence electrons. The second-order valence-corrected chi connectivity index (χ2v) is 5.98. The van der Waals surface area contributed by atoms with Crippen LogP contribution in [-0.4, -0.2) is 9.55 Å². The lowest BCUT2D eigenvalue weighted by molar-refractivity contribution is 0.429. The Hall–Kier alpha value is -0.570. The van der Waals surface area contributed by atoms with E-state index in [9.17, 15) is 0 Å². The molecule has 0 aliphatic rings. The standard InChI is InChI=1S/C13H24N2S/c1-6-7-8-10(2)15-11(13(3,4)5)9-14-12(15)16/h9-10H,6-8H2,1-5H3,(H,14,16). The first-order chi connectivity index (χ1) is 7.38. The highest BCUT2D eigenvalue weighted by atomic mass is 32.1. The van der Waals surface area contributed by atoms with Crippen LogP contribution in [0.4, 0.5) is 0 Å². The molecule has 1 aromatic heterocycles. The van der Waals surface area contributed by atoms with Crippen LogP contribution in [0.15, 0.2) is 6.20 Å². The number of nitrogens with zero attached hydrogens (tertiary/aromatic N) is 1. The van der Waals surface area contributed by atoms with Crippen molar-refractivity contribution in [3.05, 3.63) is 16.7 Å². The molecule has 0 aliphatic heterocycles. The summed E-state index contributed by atoms with van der Waals surface area (Å²) in [4.78, 5) is 3.18. The van der Waals surface area contributed by atoms with E-state index in [1.54, 1.807) is 0 Å². The molecule has 1 rings (SSSR count). The van der Waals surface area contributed by atoms with Gasteiger partial charge in [-0.15, -0.1) is 0 Å². The molecular formula is C13H24N2S. The Bertz CT molecular complexity index is 381. The van der Waals surface area contributed by atoms with Gasteiger partial charge in [0, 0.05) is 23.3 Å². The number of imidazole rings is 1. The first kappa shape index (κ1) is 13.5. The molecule has 1 unspecified atom stereocenters. The first-order valence-corrected chi connectivity index (χ1v) is 6.59. The summed E-state index contributed by atoms with van der Waals surface area (Å²) in [5, 5.41) is 0. The zero-order valence-corrected chi connectivity index (χ0v) is 11.9. The highest BCUT2D eigenvalue weighted by molar-refractivity contribution is 7.71. The van der Waals surface area contributed by atoms with Crippen molar-refractivity contribution < 1.29 is 0 Å². The molecule has 2 nitrogen and oxygen atoms in total. The third-order valence-electron chi connectivity index (χ3n) is 3.00. The third kappa shape index (κ3) is 2.97. The van der Waals surface area contributed by atoms with Crippen LogP contribution in [0.2, 0.25) is 0 Å². The minimum atomic E-state index is 0.147. The van der Waals surface area contributed by atoms with Gasteiger partial charge in [-0.3, -0.25) is 0 Å². The third-order valence-corrected chi connectivity index (χ3v) is 3.31. The average Bonchev–Trinajstić information content (AvgIpc) is 2.56. The summed E-state index contributed by atoms with van der Waals surface area (Å²) in [6.45, 7) is 11.2. The number of aromatic amines is 1. The summed E-state index contributed by atoms with van der Waals surface area (Å²) in [7, 11) is 0. The van der Waals surface area contributed by atoms with Crippen LogP contribution in [0.1, 0.15) is 65.6 Å². The van der Waals surface area contributed by atoms with Gasteiger partial charge in [-0.25, -0.2) is 0 Å². The van der Waals surface area contributed by atoms with Crippen LogP contribution in [0.5, 0.6) is 0 Å². The van der Waals surface area contributed by atoms with Crippen LogP contribution in [0, 0.1) is 4.77 Å². The predicted octanol–water partition coefficient (Wildman–Crippen LogP) is 4.59. The summed E-state index contributed by atoms with van der Waals surface area (Å²) in [5.41, 5.74) is 1.45. The van der Waals surface area contributed by atoms with E-state index in [-0.39, 0.29) is 5.41 Å².